The lowest BCUT2D eigenvalue weighted by atomic mass is 10.3. The van der Waals surface area contributed by atoms with Gasteiger partial charge >= 0.3 is 0 Å². The molecule has 0 amide bonds. The average Bonchev–Trinajstić information content (AvgIpc) is 2.19. The monoisotopic (exact) mass is 297 g/mol. The number of sulfonamides is 1. The SMILES string of the molecule is CCONS(=O)(=O)c1ccc(Br)c(F)c1. The van der Waals surface area contributed by atoms with Crippen LogP contribution in [0.5, 0.6) is 0 Å². The zero-order chi connectivity index (χ0) is 11.5. The van der Waals surface area contributed by atoms with Crippen LogP contribution in [-0.4, -0.2) is 15.0 Å². The fourth-order valence-electron chi connectivity index (χ4n) is 0.829. The maximum Gasteiger partial charge on any atom is 0.262 e. The Hall–Kier alpha value is -0.500. The summed E-state index contributed by atoms with van der Waals surface area (Å²) < 4.78 is 36.1. The molecule has 0 aliphatic heterocycles. The van der Waals surface area contributed by atoms with Crippen molar-refractivity contribution >= 4 is 26.0 Å². The van der Waals surface area contributed by atoms with Gasteiger partial charge in [0, 0.05) is 0 Å². The van der Waals surface area contributed by atoms with Crippen molar-refractivity contribution in [3.8, 4) is 0 Å². The van der Waals surface area contributed by atoms with Crippen molar-refractivity contribution in [1.82, 2.24) is 4.89 Å². The van der Waals surface area contributed by atoms with Crippen molar-refractivity contribution in [3.63, 3.8) is 0 Å². The molecule has 0 heterocycles. The quantitative estimate of drug-likeness (QED) is 0.863. The summed E-state index contributed by atoms with van der Waals surface area (Å²) >= 11 is 2.93. The number of hydrogen-bond acceptors (Lipinski definition) is 3. The van der Waals surface area contributed by atoms with Gasteiger partial charge in [-0.2, -0.15) is 0 Å². The van der Waals surface area contributed by atoms with Crippen molar-refractivity contribution < 1.29 is 17.6 Å². The van der Waals surface area contributed by atoms with Crippen LogP contribution in [0.3, 0.4) is 0 Å². The molecule has 1 aromatic carbocycles. The van der Waals surface area contributed by atoms with Gasteiger partial charge in [0.15, 0.2) is 0 Å². The van der Waals surface area contributed by atoms with Crippen LogP contribution in [0.4, 0.5) is 4.39 Å². The van der Waals surface area contributed by atoms with Crippen LogP contribution in [0.15, 0.2) is 27.6 Å². The first-order valence-electron chi connectivity index (χ1n) is 4.06. The van der Waals surface area contributed by atoms with Gasteiger partial charge in [0.1, 0.15) is 5.82 Å². The summed E-state index contributed by atoms with van der Waals surface area (Å²) in [5, 5.41) is 0. The Morgan fingerprint density at radius 1 is 1.53 bits per heavy atom. The highest BCUT2D eigenvalue weighted by atomic mass is 79.9. The first-order chi connectivity index (χ1) is 6.97. The molecule has 1 rings (SSSR count). The standard InChI is InChI=1S/C8H9BrFNO3S/c1-2-14-11-15(12,13)6-3-4-7(9)8(10)5-6/h3-5,11H,2H2,1H3. The lowest BCUT2D eigenvalue weighted by Gasteiger charge is -2.05. The molecule has 0 unspecified atom stereocenters. The van der Waals surface area contributed by atoms with Gasteiger partial charge in [0.2, 0.25) is 0 Å². The van der Waals surface area contributed by atoms with Gasteiger partial charge in [-0.15, -0.1) is 0 Å². The van der Waals surface area contributed by atoms with Gasteiger partial charge in [0.05, 0.1) is 16.0 Å². The Morgan fingerprint density at radius 3 is 2.73 bits per heavy atom. The predicted molar refractivity (Wildman–Crippen MR) is 56.0 cm³/mol. The Kier molecular flexibility index (Phi) is 4.21. The topological polar surface area (TPSA) is 55.4 Å². The fourth-order valence-corrected chi connectivity index (χ4v) is 1.95. The lowest BCUT2D eigenvalue weighted by Crippen LogP contribution is -2.24. The van der Waals surface area contributed by atoms with Gasteiger partial charge in [-0.25, -0.2) is 12.8 Å². The van der Waals surface area contributed by atoms with E-state index in [9.17, 15) is 12.8 Å². The summed E-state index contributed by atoms with van der Waals surface area (Å²) in [6.07, 6.45) is 0. The second kappa shape index (κ2) is 5.02. The highest BCUT2D eigenvalue weighted by Gasteiger charge is 2.15. The Morgan fingerprint density at radius 2 is 2.20 bits per heavy atom. The molecule has 0 atom stereocenters. The third kappa shape index (κ3) is 3.23. The second-order valence-electron chi connectivity index (χ2n) is 2.60. The number of nitrogens with one attached hydrogen (secondary N) is 1. The van der Waals surface area contributed by atoms with E-state index < -0.39 is 15.8 Å². The van der Waals surface area contributed by atoms with Crippen LogP contribution >= 0.6 is 15.9 Å². The summed E-state index contributed by atoms with van der Waals surface area (Å²) in [5.41, 5.74) is 0. The van der Waals surface area contributed by atoms with E-state index in [0.29, 0.717) is 0 Å². The van der Waals surface area contributed by atoms with Crippen LogP contribution in [0.1, 0.15) is 6.92 Å². The van der Waals surface area contributed by atoms with E-state index in [-0.39, 0.29) is 16.0 Å². The number of benzene rings is 1. The van der Waals surface area contributed by atoms with Crippen molar-refractivity contribution in [2.75, 3.05) is 6.61 Å². The first-order valence-corrected chi connectivity index (χ1v) is 6.33. The molecule has 0 spiro atoms. The lowest BCUT2D eigenvalue weighted by molar-refractivity contribution is 0.105. The van der Waals surface area contributed by atoms with Gasteiger partial charge < -0.3 is 0 Å². The van der Waals surface area contributed by atoms with Gasteiger partial charge in [-0.05, 0) is 41.1 Å². The summed E-state index contributed by atoms with van der Waals surface area (Å²) in [4.78, 5) is 6.23. The van der Waals surface area contributed by atoms with E-state index >= 15 is 0 Å². The number of hydrogen-bond donors (Lipinski definition) is 1. The minimum absolute atomic E-state index is 0.184. The minimum Gasteiger partial charge on any atom is -0.287 e. The second-order valence-corrected chi connectivity index (χ2v) is 5.09. The Balaban J connectivity index is 3.00. The van der Waals surface area contributed by atoms with E-state index in [1.165, 1.54) is 12.1 Å². The molecule has 0 saturated heterocycles. The van der Waals surface area contributed by atoms with Gasteiger partial charge in [-0.3, -0.25) is 4.84 Å². The molecule has 0 aliphatic rings. The Labute approximate surface area is 95.6 Å². The fraction of sp³-hybridized carbons (Fsp3) is 0.250. The third-order valence-electron chi connectivity index (χ3n) is 1.51. The molecular weight excluding hydrogens is 289 g/mol. The highest BCUT2D eigenvalue weighted by molar-refractivity contribution is 9.10. The van der Waals surface area contributed by atoms with Crippen LogP contribution in [0.25, 0.3) is 0 Å². The summed E-state index contributed by atoms with van der Waals surface area (Å²) in [7, 11) is -3.79. The molecule has 1 N–H and O–H groups in total. The molecule has 0 aromatic heterocycles. The molecule has 0 fully saturated rings. The van der Waals surface area contributed by atoms with Crippen LogP contribution < -0.4 is 4.89 Å². The smallest absolute Gasteiger partial charge is 0.262 e. The maximum absolute atomic E-state index is 13.1. The molecular formula is C8H9BrFNO3S. The molecule has 1 aromatic rings. The first kappa shape index (κ1) is 12.6. The van der Waals surface area contributed by atoms with Gasteiger partial charge in [-0.1, -0.05) is 4.89 Å². The summed E-state index contributed by atoms with van der Waals surface area (Å²) in [6, 6.07) is 3.50. The van der Waals surface area contributed by atoms with E-state index in [0.717, 1.165) is 6.07 Å². The van der Waals surface area contributed by atoms with E-state index in [2.05, 4.69) is 20.8 Å². The molecule has 7 heteroatoms. The minimum atomic E-state index is -3.79. The van der Waals surface area contributed by atoms with E-state index in [1.54, 1.807) is 6.92 Å². The number of halogens is 2. The van der Waals surface area contributed by atoms with Crippen molar-refractivity contribution in [3.05, 3.63) is 28.5 Å². The highest BCUT2D eigenvalue weighted by Crippen LogP contribution is 2.19. The molecule has 0 saturated carbocycles. The summed E-state index contributed by atoms with van der Waals surface area (Å²) in [6.45, 7) is 1.82. The normalized spacial score (nSPS) is 11.7. The molecule has 15 heavy (non-hydrogen) atoms. The van der Waals surface area contributed by atoms with Crippen molar-refractivity contribution in [1.29, 1.82) is 0 Å². The van der Waals surface area contributed by atoms with E-state index in [1.807, 2.05) is 4.89 Å². The maximum atomic E-state index is 13.1. The van der Waals surface area contributed by atoms with Crippen molar-refractivity contribution in [2.45, 2.75) is 11.8 Å². The molecule has 0 bridgehead atoms. The Bertz CT molecular complexity index is 449. The zero-order valence-corrected chi connectivity index (χ0v) is 10.2. The van der Waals surface area contributed by atoms with E-state index in [4.69, 9.17) is 0 Å². The van der Waals surface area contributed by atoms with Crippen LogP contribution in [0, 0.1) is 5.82 Å². The largest absolute Gasteiger partial charge is 0.287 e. The molecule has 84 valence electrons. The van der Waals surface area contributed by atoms with Crippen molar-refractivity contribution in [2.24, 2.45) is 0 Å². The number of rotatable bonds is 4. The average molecular weight is 298 g/mol. The predicted octanol–water partition coefficient (Wildman–Crippen LogP) is 1.82. The van der Waals surface area contributed by atoms with Crippen LogP contribution in [-0.2, 0) is 14.9 Å². The summed E-state index contributed by atoms with van der Waals surface area (Å²) in [5.74, 6) is -0.644. The van der Waals surface area contributed by atoms with Gasteiger partial charge in [0.25, 0.3) is 10.0 Å². The third-order valence-corrected chi connectivity index (χ3v) is 3.37. The van der Waals surface area contributed by atoms with Crippen LogP contribution in [0.2, 0.25) is 0 Å². The molecule has 4 nitrogen and oxygen atoms in total. The molecule has 0 radical (unpaired) electrons. The zero-order valence-electron chi connectivity index (χ0n) is 7.83. The molecule has 0 aliphatic carbocycles.